The molecule has 1 aliphatic heterocycles. The molecule has 1 fully saturated rings. The summed E-state index contributed by atoms with van der Waals surface area (Å²) in [5.41, 5.74) is 0. The van der Waals surface area contributed by atoms with E-state index in [9.17, 15) is 9.46 Å². The van der Waals surface area contributed by atoms with E-state index in [4.69, 9.17) is 0 Å². The van der Waals surface area contributed by atoms with Gasteiger partial charge in [-0.05, 0) is 32.0 Å². The first-order valence-corrected chi connectivity index (χ1v) is 12.9. The Kier molecular flexibility index (Phi) is 7.30. The van der Waals surface area contributed by atoms with Crippen molar-refractivity contribution in [3.63, 3.8) is 0 Å². The van der Waals surface area contributed by atoms with Crippen LogP contribution in [-0.2, 0) is 4.57 Å². The molecular weight excluding hydrogens is 273 g/mol. The predicted octanol–water partition coefficient (Wildman–Crippen LogP) is 4.21. The molecule has 1 unspecified atom stereocenters. The largest absolute Gasteiger partial charge is 0.343 e. The van der Waals surface area contributed by atoms with Gasteiger partial charge in [0.05, 0.1) is 14.4 Å². The highest BCUT2D eigenvalue weighted by Crippen LogP contribution is 2.45. The molecule has 0 aromatic rings. The van der Waals surface area contributed by atoms with Crippen molar-refractivity contribution in [2.45, 2.75) is 64.2 Å². The van der Waals surface area contributed by atoms with Crippen LogP contribution in [0.25, 0.3) is 0 Å². The summed E-state index contributed by atoms with van der Waals surface area (Å²) in [5, 5.41) is 0. The molecule has 0 spiro atoms. The minimum atomic E-state index is -2.94. The van der Waals surface area contributed by atoms with Gasteiger partial charge in [0.15, 0.2) is 0 Å². The first-order valence-electron chi connectivity index (χ1n) is 8.00. The number of hydrogen-bond acceptors (Lipinski definition) is 2. The smallest absolute Gasteiger partial charge is 0.213 e. The second-order valence-electron chi connectivity index (χ2n) is 6.20. The Hall–Kier alpha value is 0.367. The first kappa shape index (κ1) is 17.4. The van der Waals surface area contributed by atoms with E-state index >= 15 is 0 Å². The van der Waals surface area contributed by atoms with E-state index in [1.54, 1.807) is 0 Å². The van der Waals surface area contributed by atoms with Crippen LogP contribution in [0.15, 0.2) is 0 Å². The molecule has 5 heteroatoms. The third-order valence-electron chi connectivity index (χ3n) is 5.11. The zero-order valence-electron chi connectivity index (χ0n) is 13.0. The van der Waals surface area contributed by atoms with Crippen molar-refractivity contribution < 1.29 is 9.46 Å². The average Bonchev–Trinajstić information content (AvgIpc) is 2.41. The van der Waals surface area contributed by atoms with Crippen LogP contribution in [-0.4, -0.2) is 43.4 Å². The monoisotopic (exact) mass is 305 g/mol. The van der Waals surface area contributed by atoms with Crippen LogP contribution >= 0.6 is 7.37 Å². The lowest BCUT2D eigenvalue weighted by atomic mass is 10.1. The SMILES string of the molecule is CC[Si](CC)(CC)CCP(=O)(O)CN1CCCCC1. The number of piperidine rings is 1. The van der Waals surface area contributed by atoms with Gasteiger partial charge in [0.2, 0.25) is 7.37 Å². The summed E-state index contributed by atoms with van der Waals surface area (Å²) in [5.74, 6) is 0. The fourth-order valence-electron chi connectivity index (χ4n) is 3.18. The van der Waals surface area contributed by atoms with E-state index in [0.717, 1.165) is 19.1 Å². The highest BCUT2D eigenvalue weighted by molar-refractivity contribution is 7.58. The molecule has 0 bridgehead atoms. The Morgan fingerprint density at radius 1 is 1.05 bits per heavy atom. The normalized spacial score (nSPS) is 21.3. The zero-order valence-corrected chi connectivity index (χ0v) is 14.9. The van der Waals surface area contributed by atoms with Gasteiger partial charge in [-0.15, -0.1) is 0 Å². The summed E-state index contributed by atoms with van der Waals surface area (Å²) in [7, 11) is -4.18. The molecule has 114 valence electrons. The summed E-state index contributed by atoms with van der Waals surface area (Å²) >= 11 is 0. The van der Waals surface area contributed by atoms with E-state index in [2.05, 4.69) is 25.7 Å². The molecule has 0 aliphatic carbocycles. The molecule has 19 heavy (non-hydrogen) atoms. The molecule has 1 saturated heterocycles. The Labute approximate surface area is 120 Å². The molecule has 3 nitrogen and oxygen atoms in total. The number of hydrogen-bond donors (Lipinski definition) is 1. The molecule has 0 aromatic heterocycles. The van der Waals surface area contributed by atoms with E-state index in [1.165, 1.54) is 37.4 Å². The summed E-state index contributed by atoms with van der Waals surface area (Å²) in [4.78, 5) is 12.5. The average molecular weight is 305 g/mol. The fraction of sp³-hybridized carbons (Fsp3) is 1.00. The van der Waals surface area contributed by atoms with Gasteiger partial charge in [0, 0.05) is 6.16 Å². The summed E-state index contributed by atoms with van der Waals surface area (Å²) in [6.07, 6.45) is 4.67. The standard InChI is InChI=1S/C14H32NO2PSi/c1-4-19(5-2,6-3)13-12-18(16,17)14-15-10-8-7-9-11-15/h4-14H2,1-3H3,(H,16,17). The van der Waals surface area contributed by atoms with Crippen LogP contribution in [0.1, 0.15) is 40.0 Å². The maximum Gasteiger partial charge on any atom is 0.213 e. The summed E-state index contributed by atoms with van der Waals surface area (Å²) in [6.45, 7) is 8.84. The van der Waals surface area contributed by atoms with Crippen LogP contribution in [0.2, 0.25) is 24.2 Å². The van der Waals surface area contributed by atoms with Crippen molar-refractivity contribution in [1.29, 1.82) is 0 Å². The van der Waals surface area contributed by atoms with E-state index in [1.807, 2.05) is 0 Å². The highest BCUT2D eigenvalue weighted by Gasteiger charge is 2.31. The third-order valence-corrected chi connectivity index (χ3v) is 13.1. The predicted molar refractivity (Wildman–Crippen MR) is 87.0 cm³/mol. The quantitative estimate of drug-likeness (QED) is 0.539. The number of nitrogens with zero attached hydrogens (tertiary/aromatic N) is 1. The number of rotatable bonds is 8. The van der Waals surface area contributed by atoms with Gasteiger partial charge in [-0.1, -0.05) is 45.3 Å². The van der Waals surface area contributed by atoms with Gasteiger partial charge in [-0.3, -0.25) is 9.46 Å². The van der Waals surface area contributed by atoms with Gasteiger partial charge in [0.25, 0.3) is 0 Å². The van der Waals surface area contributed by atoms with Gasteiger partial charge >= 0.3 is 0 Å². The van der Waals surface area contributed by atoms with Crippen LogP contribution in [0, 0.1) is 0 Å². The van der Waals surface area contributed by atoms with Crippen molar-refractivity contribution in [1.82, 2.24) is 4.90 Å². The molecule has 1 heterocycles. The van der Waals surface area contributed by atoms with Crippen LogP contribution in [0.5, 0.6) is 0 Å². The Balaban J connectivity index is 2.46. The van der Waals surface area contributed by atoms with Crippen molar-refractivity contribution in [3.05, 3.63) is 0 Å². The summed E-state index contributed by atoms with van der Waals surface area (Å²) in [6, 6.07) is 4.80. The maximum atomic E-state index is 12.4. The second kappa shape index (κ2) is 7.97. The summed E-state index contributed by atoms with van der Waals surface area (Å²) < 4.78 is 12.4. The van der Waals surface area contributed by atoms with E-state index < -0.39 is 15.4 Å². The lowest BCUT2D eigenvalue weighted by molar-refractivity contribution is 0.253. The lowest BCUT2D eigenvalue weighted by Crippen LogP contribution is -2.34. The molecule has 0 radical (unpaired) electrons. The van der Waals surface area contributed by atoms with Crippen molar-refractivity contribution in [2.75, 3.05) is 25.5 Å². The molecule has 0 aromatic carbocycles. The number of likely N-dealkylation sites (tertiary alicyclic amines) is 1. The van der Waals surface area contributed by atoms with Crippen molar-refractivity contribution >= 4 is 15.4 Å². The molecule has 1 atom stereocenters. The van der Waals surface area contributed by atoms with Crippen molar-refractivity contribution in [3.8, 4) is 0 Å². The topological polar surface area (TPSA) is 40.5 Å². The minimum Gasteiger partial charge on any atom is -0.343 e. The van der Waals surface area contributed by atoms with Crippen LogP contribution in [0.3, 0.4) is 0 Å². The molecule has 1 aliphatic rings. The zero-order chi connectivity index (χ0) is 14.4. The maximum absolute atomic E-state index is 12.4. The Bertz CT molecular complexity index is 294. The molecule has 1 N–H and O–H groups in total. The molecule has 0 amide bonds. The van der Waals surface area contributed by atoms with Crippen LogP contribution in [0.4, 0.5) is 0 Å². The Morgan fingerprint density at radius 2 is 1.58 bits per heavy atom. The van der Waals surface area contributed by atoms with E-state index in [0.29, 0.717) is 12.4 Å². The Morgan fingerprint density at radius 3 is 2.05 bits per heavy atom. The lowest BCUT2D eigenvalue weighted by Gasteiger charge is -2.31. The van der Waals surface area contributed by atoms with Gasteiger partial charge < -0.3 is 4.89 Å². The van der Waals surface area contributed by atoms with Gasteiger partial charge in [-0.25, -0.2) is 0 Å². The van der Waals surface area contributed by atoms with Gasteiger partial charge in [0.1, 0.15) is 0 Å². The second-order valence-corrected chi connectivity index (χ2v) is 14.2. The highest BCUT2D eigenvalue weighted by atomic mass is 31.2. The minimum absolute atomic E-state index is 0.439. The molecular formula is C14H32NO2PSi. The third kappa shape index (κ3) is 5.70. The van der Waals surface area contributed by atoms with Crippen LogP contribution < -0.4 is 0 Å². The molecule has 0 saturated carbocycles. The van der Waals surface area contributed by atoms with E-state index in [-0.39, 0.29) is 0 Å². The first-order chi connectivity index (χ1) is 8.97. The van der Waals surface area contributed by atoms with Crippen molar-refractivity contribution in [2.24, 2.45) is 0 Å². The fourth-order valence-corrected chi connectivity index (χ4v) is 10.1. The molecule has 1 rings (SSSR count). The van der Waals surface area contributed by atoms with Gasteiger partial charge in [-0.2, -0.15) is 0 Å².